The summed E-state index contributed by atoms with van der Waals surface area (Å²) in [6.07, 6.45) is 0.279. The minimum Gasteiger partial charge on any atom is -0.449 e. The highest BCUT2D eigenvalue weighted by molar-refractivity contribution is 6.30. The van der Waals surface area contributed by atoms with Gasteiger partial charge in [-0.1, -0.05) is 17.7 Å². The third-order valence-electron chi connectivity index (χ3n) is 2.47. The zero-order chi connectivity index (χ0) is 14.7. The Balaban J connectivity index is 2.50. The van der Waals surface area contributed by atoms with Crippen LogP contribution in [-0.2, 0) is 0 Å². The average molecular weight is 296 g/mol. The molecule has 5 nitrogen and oxygen atoms in total. The molecule has 2 aromatic carbocycles. The molecule has 0 spiro atoms. The molecule has 0 aliphatic heterocycles. The number of hydrogen-bond acceptors (Lipinski definition) is 4. The molecule has 0 radical (unpaired) electrons. The van der Waals surface area contributed by atoms with Gasteiger partial charge in [0.05, 0.1) is 10.5 Å². The van der Waals surface area contributed by atoms with E-state index in [1.165, 1.54) is 24.3 Å². The fourth-order valence-electron chi connectivity index (χ4n) is 1.56. The molecule has 0 unspecified atom stereocenters. The maximum absolute atomic E-state index is 13.4. The quantitative estimate of drug-likeness (QED) is 0.486. The number of benzene rings is 2. The molecule has 2 aromatic rings. The molecule has 7 heteroatoms. The maximum atomic E-state index is 13.4. The first-order valence-electron chi connectivity index (χ1n) is 5.38. The van der Waals surface area contributed by atoms with Gasteiger partial charge in [-0.3, -0.25) is 14.9 Å². The Kier molecular flexibility index (Phi) is 3.95. The molecule has 20 heavy (non-hydrogen) atoms. The van der Waals surface area contributed by atoms with Gasteiger partial charge in [0.15, 0.2) is 6.29 Å². The van der Waals surface area contributed by atoms with E-state index in [0.717, 1.165) is 12.1 Å². The lowest BCUT2D eigenvalue weighted by Gasteiger charge is -2.09. The van der Waals surface area contributed by atoms with Crippen molar-refractivity contribution in [2.45, 2.75) is 0 Å². The summed E-state index contributed by atoms with van der Waals surface area (Å²) < 4.78 is 18.7. The third-order valence-corrected chi connectivity index (χ3v) is 2.70. The van der Waals surface area contributed by atoms with E-state index in [0.29, 0.717) is 0 Å². The van der Waals surface area contributed by atoms with Gasteiger partial charge in [-0.15, -0.1) is 0 Å². The predicted octanol–water partition coefficient (Wildman–Crippen LogP) is 3.99. The Morgan fingerprint density at radius 1 is 1.25 bits per heavy atom. The number of carbonyl (C=O) groups excluding carboxylic acids is 1. The first kappa shape index (κ1) is 14.0. The van der Waals surface area contributed by atoms with Crippen LogP contribution in [-0.4, -0.2) is 11.2 Å². The summed E-state index contributed by atoms with van der Waals surface area (Å²) >= 11 is 5.75. The number of nitro benzene ring substituents is 1. The molecule has 0 fully saturated rings. The Labute approximate surface area is 117 Å². The van der Waals surface area contributed by atoms with Crippen molar-refractivity contribution in [1.29, 1.82) is 0 Å². The van der Waals surface area contributed by atoms with E-state index >= 15 is 0 Å². The Morgan fingerprint density at radius 2 is 2.00 bits per heavy atom. The fraction of sp³-hybridized carbons (Fsp3) is 0. The van der Waals surface area contributed by atoms with Crippen molar-refractivity contribution in [2.75, 3.05) is 0 Å². The highest BCUT2D eigenvalue weighted by Gasteiger charge is 2.18. The molecule has 0 atom stereocenters. The van der Waals surface area contributed by atoms with Crippen LogP contribution in [0.25, 0.3) is 0 Å². The molecule has 0 saturated heterocycles. The second-order valence-electron chi connectivity index (χ2n) is 3.74. The molecular weight excluding hydrogens is 289 g/mol. The number of ether oxygens (including phenoxy) is 1. The van der Waals surface area contributed by atoms with Gasteiger partial charge in [0.2, 0.25) is 5.75 Å². The maximum Gasteiger partial charge on any atom is 0.311 e. The summed E-state index contributed by atoms with van der Waals surface area (Å²) in [5.41, 5.74) is -0.655. The number of hydrogen-bond donors (Lipinski definition) is 0. The summed E-state index contributed by atoms with van der Waals surface area (Å²) in [6, 6.07) is 7.46. The minimum absolute atomic E-state index is 0.120. The van der Waals surface area contributed by atoms with Crippen LogP contribution in [0.1, 0.15) is 10.4 Å². The molecule has 0 aliphatic rings. The normalized spacial score (nSPS) is 10.1. The number of rotatable bonds is 4. The molecule has 0 bridgehead atoms. The average Bonchev–Trinajstić information content (AvgIpc) is 2.38. The van der Waals surface area contributed by atoms with Gasteiger partial charge in [0, 0.05) is 17.2 Å². The summed E-state index contributed by atoms with van der Waals surface area (Å²) in [7, 11) is 0. The van der Waals surface area contributed by atoms with Crippen molar-refractivity contribution in [3.05, 3.63) is 62.9 Å². The highest BCUT2D eigenvalue weighted by atomic mass is 35.5. The van der Waals surface area contributed by atoms with Gasteiger partial charge in [-0.05, 0) is 18.2 Å². The number of nitro groups is 1. The SMILES string of the molecule is O=Cc1c(F)cccc1Oc1cc(Cl)ccc1[N+](=O)[O-]. The molecule has 102 valence electrons. The predicted molar refractivity (Wildman–Crippen MR) is 70.0 cm³/mol. The Hall–Kier alpha value is -2.47. The lowest BCUT2D eigenvalue weighted by atomic mass is 10.2. The number of nitrogens with zero attached hydrogens (tertiary/aromatic N) is 1. The van der Waals surface area contributed by atoms with Crippen molar-refractivity contribution >= 4 is 23.6 Å². The molecule has 0 amide bonds. The van der Waals surface area contributed by atoms with Gasteiger partial charge >= 0.3 is 5.69 Å². The van der Waals surface area contributed by atoms with Crippen molar-refractivity contribution in [3.63, 3.8) is 0 Å². The Bertz CT molecular complexity index is 690. The van der Waals surface area contributed by atoms with Crippen LogP contribution in [0.4, 0.5) is 10.1 Å². The number of carbonyl (C=O) groups is 1. The fourth-order valence-corrected chi connectivity index (χ4v) is 1.72. The van der Waals surface area contributed by atoms with Crippen LogP contribution in [0.15, 0.2) is 36.4 Å². The van der Waals surface area contributed by atoms with Crippen molar-refractivity contribution in [2.24, 2.45) is 0 Å². The monoisotopic (exact) mass is 295 g/mol. The van der Waals surface area contributed by atoms with E-state index in [-0.39, 0.29) is 34.1 Å². The first-order chi connectivity index (χ1) is 9.52. The van der Waals surface area contributed by atoms with Crippen LogP contribution in [0.5, 0.6) is 11.5 Å². The summed E-state index contributed by atoms with van der Waals surface area (Å²) in [4.78, 5) is 21.1. The minimum atomic E-state index is -0.776. The van der Waals surface area contributed by atoms with Crippen molar-refractivity contribution < 1.29 is 18.8 Å². The Morgan fingerprint density at radius 3 is 2.65 bits per heavy atom. The summed E-state index contributed by atoms with van der Waals surface area (Å²) in [6.45, 7) is 0. The van der Waals surface area contributed by atoms with E-state index in [2.05, 4.69) is 0 Å². The van der Waals surface area contributed by atoms with Crippen LogP contribution in [0.2, 0.25) is 5.02 Å². The van der Waals surface area contributed by atoms with Gasteiger partial charge < -0.3 is 4.74 Å². The standard InChI is InChI=1S/C13H7ClFNO4/c14-8-4-5-11(16(18)19)13(6-8)20-12-3-1-2-10(15)9(12)7-17/h1-7H. The van der Waals surface area contributed by atoms with E-state index in [1.54, 1.807) is 0 Å². The molecular formula is C13H7ClFNO4. The topological polar surface area (TPSA) is 69.4 Å². The second-order valence-corrected chi connectivity index (χ2v) is 4.18. The summed E-state index contributed by atoms with van der Waals surface area (Å²) in [5.74, 6) is -1.07. The zero-order valence-corrected chi connectivity index (χ0v) is 10.6. The van der Waals surface area contributed by atoms with Crippen molar-refractivity contribution in [1.82, 2.24) is 0 Å². The van der Waals surface area contributed by atoms with Crippen LogP contribution in [0, 0.1) is 15.9 Å². The van der Waals surface area contributed by atoms with Crippen LogP contribution in [0.3, 0.4) is 0 Å². The molecule has 2 rings (SSSR count). The zero-order valence-electron chi connectivity index (χ0n) is 9.88. The summed E-state index contributed by atoms with van der Waals surface area (Å²) in [5, 5.41) is 11.1. The van der Waals surface area contributed by atoms with Crippen molar-refractivity contribution in [3.8, 4) is 11.5 Å². The van der Waals surface area contributed by atoms with Gasteiger partial charge in [0.1, 0.15) is 11.6 Å². The molecule has 0 heterocycles. The van der Waals surface area contributed by atoms with Gasteiger partial charge in [-0.2, -0.15) is 0 Å². The van der Waals surface area contributed by atoms with Gasteiger partial charge in [0.25, 0.3) is 0 Å². The smallest absolute Gasteiger partial charge is 0.311 e. The second kappa shape index (κ2) is 5.66. The first-order valence-corrected chi connectivity index (χ1v) is 5.76. The molecule has 0 N–H and O–H groups in total. The van der Waals surface area contributed by atoms with Crippen LogP contribution >= 0.6 is 11.6 Å². The van der Waals surface area contributed by atoms with Crippen LogP contribution < -0.4 is 4.74 Å². The molecule has 0 aromatic heterocycles. The largest absolute Gasteiger partial charge is 0.449 e. The molecule has 0 aliphatic carbocycles. The number of halogens is 2. The third kappa shape index (κ3) is 2.75. The van der Waals surface area contributed by atoms with E-state index in [9.17, 15) is 19.3 Å². The molecule has 0 saturated carbocycles. The van der Waals surface area contributed by atoms with E-state index in [1.807, 2.05) is 0 Å². The van der Waals surface area contributed by atoms with E-state index < -0.39 is 10.7 Å². The van der Waals surface area contributed by atoms with E-state index in [4.69, 9.17) is 16.3 Å². The lowest BCUT2D eigenvalue weighted by molar-refractivity contribution is -0.385. The lowest BCUT2D eigenvalue weighted by Crippen LogP contribution is -1.97. The van der Waals surface area contributed by atoms with Gasteiger partial charge in [-0.25, -0.2) is 4.39 Å². The number of aldehydes is 1. The highest BCUT2D eigenvalue weighted by Crippen LogP contribution is 2.35.